The molecule has 0 aromatic heterocycles. The van der Waals surface area contributed by atoms with Crippen molar-refractivity contribution >= 4 is 11.6 Å². The third kappa shape index (κ3) is 4.95. The minimum Gasteiger partial charge on any atom is -0.496 e. The number of anilines is 1. The summed E-state index contributed by atoms with van der Waals surface area (Å²) in [5, 5.41) is 2.94. The summed E-state index contributed by atoms with van der Waals surface area (Å²) in [6.45, 7) is 6.61. The topological polar surface area (TPSA) is 60.0 Å². The van der Waals surface area contributed by atoms with Crippen molar-refractivity contribution in [2.45, 2.75) is 33.4 Å². The number of amides is 1. The van der Waals surface area contributed by atoms with Crippen LogP contribution in [0.2, 0.25) is 0 Å². The zero-order valence-corrected chi connectivity index (χ0v) is 17.8. The number of hydrogen-bond donors (Lipinski definition) is 1. The molecule has 0 saturated heterocycles. The molecule has 1 N–H and O–H groups in total. The van der Waals surface area contributed by atoms with Crippen LogP contribution >= 0.6 is 0 Å². The second-order valence-electron chi connectivity index (χ2n) is 6.91. The molecule has 2 aromatic rings. The van der Waals surface area contributed by atoms with Gasteiger partial charge >= 0.3 is 0 Å². The number of nitrogens with one attached hydrogen (secondary N) is 1. The lowest BCUT2D eigenvalue weighted by atomic mass is 10.0. The third-order valence-corrected chi connectivity index (χ3v) is 4.85. The lowest BCUT2D eigenvalue weighted by Crippen LogP contribution is -2.39. The van der Waals surface area contributed by atoms with Gasteiger partial charge < -0.3 is 19.5 Å². The minimum atomic E-state index is -0.309. The molecule has 1 atom stereocenters. The molecule has 0 saturated carbocycles. The normalized spacial score (nSPS) is 11.9. The SMILES string of the molecule is COc1ccc(NC(=O)C(C)N(C)Cc2cc(C)c(OC)c(C)c2)cc1OC. The van der Waals surface area contributed by atoms with Crippen molar-refractivity contribution < 1.29 is 19.0 Å². The number of rotatable bonds is 8. The number of carbonyl (C=O) groups excluding carboxylic acids is 1. The maximum absolute atomic E-state index is 12.7. The van der Waals surface area contributed by atoms with Crippen molar-refractivity contribution in [2.75, 3.05) is 33.7 Å². The highest BCUT2D eigenvalue weighted by atomic mass is 16.5. The van der Waals surface area contributed by atoms with Crippen LogP contribution in [0.15, 0.2) is 30.3 Å². The van der Waals surface area contributed by atoms with Crippen molar-refractivity contribution in [1.82, 2.24) is 4.90 Å². The zero-order valence-electron chi connectivity index (χ0n) is 17.8. The largest absolute Gasteiger partial charge is 0.496 e. The Morgan fingerprint density at radius 1 is 1.00 bits per heavy atom. The summed E-state index contributed by atoms with van der Waals surface area (Å²) in [5.74, 6) is 2.02. The maximum Gasteiger partial charge on any atom is 0.241 e. The van der Waals surface area contributed by atoms with Crippen LogP contribution in [0, 0.1) is 13.8 Å². The summed E-state index contributed by atoms with van der Waals surface area (Å²) >= 11 is 0. The summed E-state index contributed by atoms with van der Waals surface area (Å²) in [7, 11) is 6.77. The van der Waals surface area contributed by atoms with Crippen LogP contribution in [0.4, 0.5) is 5.69 Å². The van der Waals surface area contributed by atoms with E-state index >= 15 is 0 Å². The first-order valence-corrected chi connectivity index (χ1v) is 9.18. The van der Waals surface area contributed by atoms with Gasteiger partial charge in [-0.1, -0.05) is 12.1 Å². The van der Waals surface area contributed by atoms with Crippen LogP contribution in [0.25, 0.3) is 0 Å². The fourth-order valence-electron chi connectivity index (χ4n) is 3.24. The van der Waals surface area contributed by atoms with E-state index in [0.717, 1.165) is 22.4 Å². The highest BCUT2D eigenvalue weighted by Gasteiger charge is 2.19. The van der Waals surface area contributed by atoms with Gasteiger partial charge in [-0.15, -0.1) is 0 Å². The van der Waals surface area contributed by atoms with E-state index in [1.807, 2.05) is 32.7 Å². The number of carbonyl (C=O) groups is 1. The van der Waals surface area contributed by atoms with Crippen LogP contribution in [0.3, 0.4) is 0 Å². The van der Waals surface area contributed by atoms with Gasteiger partial charge in [-0.2, -0.15) is 0 Å². The molecule has 6 nitrogen and oxygen atoms in total. The molecular weight excluding hydrogens is 356 g/mol. The summed E-state index contributed by atoms with van der Waals surface area (Å²) in [4.78, 5) is 14.7. The van der Waals surface area contributed by atoms with Gasteiger partial charge in [-0.05, 0) is 56.6 Å². The van der Waals surface area contributed by atoms with E-state index in [1.54, 1.807) is 39.5 Å². The second kappa shape index (κ2) is 9.46. The van der Waals surface area contributed by atoms with E-state index in [2.05, 4.69) is 17.4 Å². The molecule has 1 unspecified atom stereocenters. The van der Waals surface area contributed by atoms with Gasteiger partial charge in [0.25, 0.3) is 0 Å². The zero-order chi connectivity index (χ0) is 20.8. The fourth-order valence-corrected chi connectivity index (χ4v) is 3.24. The lowest BCUT2D eigenvalue weighted by Gasteiger charge is -2.25. The van der Waals surface area contributed by atoms with Gasteiger partial charge in [0.05, 0.1) is 27.4 Å². The highest BCUT2D eigenvalue weighted by molar-refractivity contribution is 5.94. The lowest BCUT2D eigenvalue weighted by molar-refractivity contribution is -0.120. The summed E-state index contributed by atoms with van der Waals surface area (Å²) < 4.78 is 15.9. The molecule has 0 aliphatic heterocycles. The monoisotopic (exact) mass is 386 g/mol. The van der Waals surface area contributed by atoms with Crippen LogP contribution in [-0.4, -0.2) is 45.2 Å². The summed E-state index contributed by atoms with van der Waals surface area (Å²) in [6.07, 6.45) is 0. The summed E-state index contributed by atoms with van der Waals surface area (Å²) in [6, 6.07) is 9.20. The van der Waals surface area contributed by atoms with Crippen LogP contribution in [0.5, 0.6) is 17.2 Å². The Bertz CT molecular complexity index is 812. The van der Waals surface area contributed by atoms with Crippen LogP contribution < -0.4 is 19.5 Å². The molecule has 28 heavy (non-hydrogen) atoms. The molecule has 152 valence electrons. The van der Waals surface area contributed by atoms with Gasteiger partial charge in [0, 0.05) is 18.3 Å². The average molecular weight is 386 g/mol. The molecule has 0 aliphatic rings. The molecule has 0 aliphatic carbocycles. The number of aryl methyl sites for hydroxylation is 2. The minimum absolute atomic E-state index is 0.0864. The van der Waals surface area contributed by atoms with Crippen molar-refractivity contribution in [3.63, 3.8) is 0 Å². The van der Waals surface area contributed by atoms with E-state index in [4.69, 9.17) is 14.2 Å². The second-order valence-corrected chi connectivity index (χ2v) is 6.91. The molecule has 0 fully saturated rings. The molecule has 6 heteroatoms. The van der Waals surface area contributed by atoms with Gasteiger partial charge in [0.2, 0.25) is 5.91 Å². The van der Waals surface area contributed by atoms with Gasteiger partial charge in [-0.3, -0.25) is 9.69 Å². The van der Waals surface area contributed by atoms with Gasteiger partial charge in [-0.25, -0.2) is 0 Å². The number of methoxy groups -OCH3 is 3. The maximum atomic E-state index is 12.7. The molecule has 2 aromatic carbocycles. The molecule has 0 spiro atoms. The molecule has 0 radical (unpaired) electrons. The highest BCUT2D eigenvalue weighted by Crippen LogP contribution is 2.30. The predicted octanol–water partition coefficient (Wildman–Crippen LogP) is 3.79. The Morgan fingerprint density at radius 2 is 1.61 bits per heavy atom. The Kier molecular flexibility index (Phi) is 7.29. The molecule has 1 amide bonds. The average Bonchev–Trinajstić information content (AvgIpc) is 2.66. The standard InChI is InChI=1S/C22H30N2O4/c1-14-10-17(11-15(2)21(14)28-7)13-24(4)16(3)22(25)23-18-8-9-19(26-5)20(12-18)27-6/h8-12,16H,13H2,1-7H3,(H,23,25). The van der Waals surface area contributed by atoms with Crippen molar-refractivity contribution in [1.29, 1.82) is 0 Å². The third-order valence-electron chi connectivity index (χ3n) is 4.85. The number of ether oxygens (including phenoxy) is 3. The van der Waals surface area contributed by atoms with E-state index < -0.39 is 0 Å². The van der Waals surface area contributed by atoms with E-state index in [-0.39, 0.29) is 11.9 Å². The summed E-state index contributed by atoms with van der Waals surface area (Å²) in [5.41, 5.74) is 3.99. The van der Waals surface area contributed by atoms with E-state index in [9.17, 15) is 4.79 Å². The number of nitrogens with zero attached hydrogens (tertiary/aromatic N) is 1. The fraction of sp³-hybridized carbons (Fsp3) is 0.409. The first-order valence-electron chi connectivity index (χ1n) is 9.18. The molecule has 0 heterocycles. The van der Waals surface area contributed by atoms with Gasteiger partial charge in [0.1, 0.15) is 5.75 Å². The number of benzene rings is 2. The Hall–Kier alpha value is -2.73. The smallest absolute Gasteiger partial charge is 0.241 e. The van der Waals surface area contributed by atoms with Crippen molar-refractivity contribution in [3.05, 3.63) is 47.0 Å². The first kappa shape index (κ1) is 21.6. The van der Waals surface area contributed by atoms with Gasteiger partial charge in [0.15, 0.2) is 11.5 Å². The molecular formula is C22H30N2O4. The van der Waals surface area contributed by atoms with Crippen molar-refractivity contribution in [3.8, 4) is 17.2 Å². The van der Waals surface area contributed by atoms with Crippen molar-refractivity contribution in [2.24, 2.45) is 0 Å². The number of hydrogen-bond acceptors (Lipinski definition) is 5. The predicted molar refractivity (Wildman–Crippen MR) is 112 cm³/mol. The molecule has 2 rings (SSSR count). The Labute approximate surface area is 167 Å². The molecule has 0 bridgehead atoms. The first-order chi connectivity index (χ1) is 13.3. The Balaban J connectivity index is 2.06. The Morgan fingerprint density at radius 3 is 2.14 bits per heavy atom. The van der Waals surface area contributed by atoms with Crippen LogP contribution in [-0.2, 0) is 11.3 Å². The quantitative estimate of drug-likeness (QED) is 0.748. The van der Waals surface area contributed by atoms with E-state index in [0.29, 0.717) is 23.7 Å². The number of likely N-dealkylation sites (N-methyl/N-ethyl adjacent to an activating group) is 1. The van der Waals surface area contributed by atoms with E-state index in [1.165, 1.54) is 0 Å². The van der Waals surface area contributed by atoms with Crippen LogP contribution in [0.1, 0.15) is 23.6 Å².